The second-order valence-electron chi connectivity index (χ2n) is 4.57. The molecule has 0 heterocycles. The van der Waals surface area contributed by atoms with Gasteiger partial charge in [-0.05, 0) is 49.2 Å². The molecule has 0 spiro atoms. The molecule has 2 N–H and O–H groups in total. The molecule has 104 valence electrons. The maximum absolute atomic E-state index is 12.0. The summed E-state index contributed by atoms with van der Waals surface area (Å²) in [5, 5.41) is 5.66. The van der Waals surface area contributed by atoms with Gasteiger partial charge in [-0.25, -0.2) is 4.79 Å². The molecule has 2 aromatic carbocycles. The van der Waals surface area contributed by atoms with Crippen LogP contribution in [0.4, 0.5) is 16.2 Å². The van der Waals surface area contributed by atoms with Crippen molar-refractivity contribution in [1.82, 2.24) is 0 Å². The van der Waals surface area contributed by atoms with Gasteiger partial charge in [-0.15, -0.1) is 0 Å². The first-order valence-corrected chi connectivity index (χ1v) is 6.38. The zero-order chi connectivity index (χ0) is 14.5. The van der Waals surface area contributed by atoms with E-state index in [1.165, 1.54) is 0 Å². The van der Waals surface area contributed by atoms with Crippen LogP contribution in [0.15, 0.2) is 42.5 Å². The molecule has 0 aliphatic carbocycles. The number of nitrogens with one attached hydrogen (secondary N) is 2. The fraction of sp³-hybridized carbons (Fsp3) is 0.188. The lowest BCUT2D eigenvalue weighted by atomic mass is 10.1. The molecular formula is C16H18N2O2. The number of benzene rings is 2. The first-order valence-electron chi connectivity index (χ1n) is 6.38. The average Bonchev–Trinajstić information content (AvgIpc) is 2.44. The molecule has 0 aliphatic heterocycles. The van der Waals surface area contributed by atoms with E-state index in [-0.39, 0.29) is 6.03 Å². The molecular weight excluding hydrogens is 252 g/mol. The number of anilines is 2. The number of rotatable bonds is 3. The highest BCUT2D eigenvalue weighted by Crippen LogP contribution is 2.20. The summed E-state index contributed by atoms with van der Waals surface area (Å²) in [6, 6.07) is 12.8. The van der Waals surface area contributed by atoms with E-state index in [2.05, 4.69) is 10.6 Å². The Balaban J connectivity index is 2.05. The average molecular weight is 270 g/mol. The fourth-order valence-electron chi connectivity index (χ4n) is 1.96. The molecule has 2 aromatic rings. The first kappa shape index (κ1) is 13.9. The zero-order valence-electron chi connectivity index (χ0n) is 11.9. The van der Waals surface area contributed by atoms with Crippen molar-refractivity contribution in [3.05, 3.63) is 53.6 Å². The molecule has 2 amide bonds. The minimum Gasteiger partial charge on any atom is -0.497 e. The summed E-state index contributed by atoms with van der Waals surface area (Å²) < 4.78 is 5.07. The predicted molar refractivity (Wildman–Crippen MR) is 81.6 cm³/mol. The number of methoxy groups -OCH3 is 1. The van der Waals surface area contributed by atoms with Crippen molar-refractivity contribution in [3.8, 4) is 5.75 Å². The third kappa shape index (κ3) is 3.29. The Morgan fingerprint density at radius 1 is 0.950 bits per heavy atom. The van der Waals surface area contributed by atoms with E-state index in [4.69, 9.17) is 4.74 Å². The normalized spacial score (nSPS) is 9.95. The highest BCUT2D eigenvalue weighted by Gasteiger charge is 2.07. The van der Waals surface area contributed by atoms with Gasteiger partial charge in [0.2, 0.25) is 0 Å². The number of hydrogen-bond acceptors (Lipinski definition) is 2. The smallest absolute Gasteiger partial charge is 0.323 e. The van der Waals surface area contributed by atoms with Crippen molar-refractivity contribution in [2.24, 2.45) is 0 Å². The first-order chi connectivity index (χ1) is 9.60. The van der Waals surface area contributed by atoms with Gasteiger partial charge < -0.3 is 15.4 Å². The lowest BCUT2D eigenvalue weighted by Gasteiger charge is -2.12. The Morgan fingerprint density at radius 2 is 1.55 bits per heavy atom. The summed E-state index contributed by atoms with van der Waals surface area (Å²) in [4.78, 5) is 12.0. The van der Waals surface area contributed by atoms with Crippen LogP contribution in [0.5, 0.6) is 5.75 Å². The number of aryl methyl sites for hydroxylation is 2. The van der Waals surface area contributed by atoms with Crippen molar-refractivity contribution in [3.63, 3.8) is 0 Å². The van der Waals surface area contributed by atoms with E-state index in [1.54, 1.807) is 31.4 Å². The Bertz CT molecular complexity index is 586. The molecule has 4 nitrogen and oxygen atoms in total. The van der Waals surface area contributed by atoms with Gasteiger partial charge in [0.25, 0.3) is 0 Å². The third-order valence-corrected chi connectivity index (χ3v) is 3.07. The van der Waals surface area contributed by atoms with Crippen LogP contribution in [0.3, 0.4) is 0 Å². The second-order valence-corrected chi connectivity index (χ2v) is 4.57. The molecule has 0 bridgehead atoms. The molecule has 0 unspecified atom stereocenters. The maximum Gasteiger partial charge on any atom is 0.323 e. The zero-order valence-corrected chi connectivity index (χ0v) is 11.9. The van der Waals surface area contributed by atoms with Gasteiger partial charge in [0.05, 0.1) is 7.11 Å². The fourth-order valence-corrected chi connectivity index (χ4v) is 1.96. The number of carbonyl (C=O) groups excluding carboxylic acids is 1. The minimum absolute atomic E-state index is 0.257. The summed E-state index contributed by atoms with van der Waals surface area (Å²) >= 11 is 0. The number of ether oxygens (including phenoxy) is 1. The lowest BCUT2D eigenvalue weighted by Crippen LogP contribution is -2.20. The van der Waals surface area contributed by atoms with E-state index in [9.17, 15) is 4.79 Å². The highest BCUT2D eigenvalue weighted by molar-refractivity contribution is 6.00. The van der Waals surface area contributed by atoms with E-state index in [1.807, 2.05) is 32.0 Å². The standard InChI is InChI=1S/C16H18N2O2/c1-11-5-4-6-12(2)15(11)18-16(19)17-13-7-9-14(20-3)10-8-13/h4-10H,1-3H3,(H2,17,18,19). The van der Waals surface area contributed by atoms with Crippen molar-refractivity contribution in [2.45, 2.75) is 13.8 Å². The second kappa shape index (κ2) is 6.10. The summed E-state index contributed by atoms with van der Waals surface area (Å²) in [6.07, 6.45) is 0. The molecule has 0 fully saturated rings. The van der Waals surface area contributed by atoms with Crippen LogP contribution in [0.25, 0.3) is 0 Å². The van der Waals surface area contributed by atoms with E-state index < -0.39 is 0 Å². The van der Waals surface area contributed by atoms with Crippen LogP contribution in [0.1, 0.15) is 11.1 Å². The molecule has 0 saturated carbocycles. The van der Waals surface area contributed by atoms with Gasteiger partial charge >= 0.3 is 6.03 Å². The van der Waals surface area contributed by atoms with Crippen LogP contribution in [0.2, 0.25) is 0 Å². The number of para-hydroxylation sites is 1. The van der Waals surface area contributed by atoms with Crippen LogP contribution in [-0.2, 0) is 0 Å². The quantitative estimate of drug-likeness (QED) is 0.887. The van der Waals surface area contributed by atoms with Crippen molar-refractivity contribution < 1.29 is 9.53 Å². The van der Waals surface area contributed by atoms with Gasteiger partial charge in [0, 0.05) is 11.4 Å². The van der Waals surface area contributed by atoms with Gasteiger partial charge in [0.15, 0.2) is 0 Å². The summed E-state index contributed by atoms with van der Waals surface area (Å²) in [5.74, 6) is 0.755. The Morgan fingerprint density at radius 3 is 2.10 bits per heavy atom. The molecule has 0 aromatic heterocycles. The summed E-state index contributed by atoms with van der Waals surface area (Å²) in [5.41, 5.74) is 3.64. The maximum atomic E-state index is 12.0. The van der Waals surface area contributed by atoms with E-state index in [0.717, 1.165) is 28.3 Å². The van der Waals surface area contributed by atoms with E-state index >= 15 is 0 Å². The monoisotopic (exact) mass is 270 g/mol. The molecule has 20 heavy (non-hydrogen) atoms. The molecule has 0 saturated heterocycles. The summed E-state index contributed by atoms with van der Waals surface area (Å²) in [6.45, 7) is 3.94. The van der Waals surface area contributed by atoms with Gasteiger partial charge in [-0.3, -0.25) is 0 Å². The predicted octanol–water partition coefficient (Wildman–Crippen LogP) is 3.96. The summed E-state index contributed by atoms with van der Waals surface area (Å²) in [7, 11) is 1.61. The molecule has 2 rings (SSSR count). The Labute approximate surface area is 118 Å². The number of hydrogen-bond donors (Lipinski definition) is 2. The number of carbonyl (C=O) groups is 1. The Kier molecular flexibility index (Phi) is 4.25. The van der Waals surface area contributed by atoms with E-state index in [0.29, 0.717) is 0 Å². The van der Waals surface area contributed by atoms with Gasteiger partial charge in [0.1, 0.15) is 5.75 Å². The van der Waals surface area contributed by atoms with Crippen LogP contribution in [-0.4, -0.2) is 13.1 Å². The van der Waals surface area contributed by atoms with Crippen molar-refractivity contribution in [2.75, 3.05) is 17.7 Å². The van der Waals surface area contributed by atoms with Crippen molar-refractivity contribution in [1.29, 1.82) is 0 Å². The third-order valence-electron chi connectivity index (χ3n) is 3.07. The van der Waals surface area contributed by atoms with Crippen LogP contribution < -0.4 is 15.4 Å². The number of urea groups is 1. The van der Waals surface area contributed by atoms with Crippen LogP contribution in [0, 0.1) is 13.8 Å². The molecule has 0 aliphatic rings. The Hall–Kier alpha value is -2.49. The molecule has 4 heteroatoms. The topological polar surface area (TPSA) is 50.4 Å². The number of amides is 2. The van der Waals surface area contributed by atoms with Gasteiger partial charge in [-0.2, -0.15) is 0 Å². The largest absolute Gasteiger partial charge is 0.497 e. The van der Waals surface area contributed by atoms with Gasteiger partial charge in [-0.1, -0.05) is 18.2 Å². The minimum atomic E-state index is -0.257. The SMILES string of the molecule is COc1ccc(NC(=O)Nc2c(C)cccc2C)cc1. The molecule has 0 atom stereocenters. The molecule has 0 radical (unpaired) electrons. The van der Waals surface area contributed by atoms with Crippen molar-refractivity contribution >= 4 is 17.4 Å². The highest BCUT2D eigenvalue weighted by atomic mass is 16.5. The van der Waals surface area contributed by atoms with Crippen LogP contribution >= 0.6 is 0 Å². The lowest BCUT2D eigenvalue weighted by molar-refractivity contribution is 0.262.